The van der Waals surface area contributed by atoms with Crippen LogP contribution in [0.15, 0.2) is 30.3 Å². The molecule has 2 fully saturated rings. The van der Waals surface area contributed by atoms with E-state index >= 15 is 0 Å². The Morgan fingerprint density at radius 1 is 0.920 bits per heavy atom. The quantitative estimate of drug-likeness (QED) is 0.664. The SMILES string of the molecule is Cl.Cl.Cl.Cl.Cl.NC1CCC(c2ccccc2)CN(CC2CC2)C1=O.P. The van der Waals surface area contributed by atoms with Crippen molar-refractivity contribution < 1.29 is 4.79 Å². The molecule has 1 aliphatic carbocycles. The Balaban J connectivity index is -0.000000367. The van der Waals surface area contributed by atoms with Crippen molar-refractivity contribution in [2.75, 3.05) is 13.1 Å². The van der Waals surface area contributed by atoms with E-state index in [0.717, 1.165) is 31.8 Å². The Hall–Kier alpha value is 0.530. The molecule has 1 saturated carbocycles. The molecular weight excluding hydrogens is 444 g/mol. The van der Waals surface area contributed by atoms with Crippen LogP contribution in [0, 0.1) is 5.92 Å². The van der Waals surface area contributed by atoms with Crippen molar-refractivity contribution in [3.8, 4) is 0 Å². The standard InChI is InChI=1S/C16H22N2O.5ClH.H3P/c17-15-9-8-14(13-4-2-1-3-5-13)11-18(16(15)19)10-12-6-7-12;;;;;;/h1-5,12,14-15H,6-11,17H2;5*1H;1H3. The van der Waals surface area contributed by atoms with Gasteiger partial charge in [-0.05, 0) is 37.2 Å². The van der Waals surface area contributed by atoms with Crippen molar-refractivity contribution in [1.82, 2.24) is 4.90 Å². The molecule has 0 radical (unpaired) electrons. The number of nitrogens with zero attached hydrogens (tertiary/aromatic N) is 1. The van der Waals surface area contributed by atoms with Gasteiger partial charge in [0.05, 0.1) is 6.04 Å². The first-order chi connectivity index (χ1) is 9.24. The van der Waals surface area contributed by atoms with E-state index in [9.17, 15) is 4.79 Å². The van der Waals surface area contributed by atoms with Gasteiger partial charge in [-0.2, -0.15) is 9.90 Å². The lowest BCUT2D eigenvalue weighted by molar-refractivity contribution is -0.132. The summed E-state index contributed by atoms with van der Waals surface area (Å²) in [4.78, 5) is 14.3. The minimum absolute atomic E-state index is 0. The third kappa shape index (κ3) is 9.33. The normalized spacial score (nSPS) is 21.5. The van der Waals surface area contributed by atoms with Crippen LogP contribution < -0.4 is 5.73 Å². The van der Waals surface area contributed by atoms with Crippen LogP contribution in [0.5, 0.6) is 0 Å². The van der Waals surface area contributed by atoms with Crippen LogP contribution in [0.4, 0.5) is 0 Å². The minimum Gasteiger partial charge on any atom is -0.340 e. The Morgan fingerprint density at radius 3 is 2.00 bits per heavy atom. The van der Waals surface area contributed by atoms with Gasteiger partial charge >= 0.3 is 0 Å². The highest BCUT2D eigenvalue weighted by atomic mass is 35.5. The fraction of sp³-hybridized carbons (Fsp3) is 0.562. The van der Waals surface area contributed by atoms with Crippen LogP contribution in [0.2, 0.25) is 0 Å². The molecule has 0 aromatic heterocycles. The highest BCUT2D eigenvalue weighted by Crippen LogP contribution is 2.33. The van der Waals surface area contributed by atoms with Crippen LogP contribution in [0.1, 0.15) is 37.2 Å². The Bertz CT molecular complexity index is 465. The molecular formula is C16H30Cl5N2OP. The van der Waals surface area contributed by atoms with Gasteiger partial charge in [0.25, 0.3) is 0 Å². The molecule has 1 aromatic rings. The van der Waals surface area contributed by atoms with Crippen molar-refractivity contribution in [2.45, 2.75) is 37.6 Å². The average Bonchev–Trinajstić information content (AvgIpc) is 3.26. The molecule has 1 heterocycles. The topological polar surface area (TPSA) is 46.3 Å². The fourth-order valence-corrected chi connectivity index (χ4v) is 2.96. The molecule has 3 rings (SSSR count). The zero-order valence-electron chi connectivity index (χ0n) is 14.0. The third-order valence-electron chi connectivity index (χ3n) is 4.34. The Morgan fingerprint density at radius 2 is 1.48 bits per heavy atom. The molecule has 3 unspecified atom stereocenters. The molecule has 2 aliphatic rings. The van der Waals surface area contributed by atoms with E-state index in [4.69, 9.17) is 5.73 Å². The molecule has 1 amide bonds. The van der Waals surface area contributed by atoms with E-state index in [0.29, 0.717) is 5.92 Å². The van der Waals surface area contributed by atoms with Crippen molar-refractivity contribution in [1.29, 1.82) is 0 Å². The second-order valence-electron chi connectivity index (χ2n) is 5.98. The number of rotatable bonds is 3. The summed E-state index contributed by atoms with van der Waals surface area (Å²) in [6, 6.07) is 10.2. The van der Waals surface area contributed by atoms with Crippen LogP contribution >= 0.6 is 71.9 Å². The predicted molar refractivity (Wildman–Crippen MR) is 123 cm³/mol. The summed E-state index contributed by atoms with van der Waals surface area (Å²) < 4.78 is 0. The summed E-state index contributed by atoms with van der Waals surface area (Å²) in [5.74, 6) is 1.33. The van der Waals surface area contributed by atoms with Crippen LogP contribution in [0.25, 0.3) is 0 Å². The smallest absolute Gasteiger partial charge is 0.239 e. The highest BCUT2D eigenvalue weighted by Gasteiger charge is 2.33. The number of benzene rings is 1. The summed E-state index contributed by atoms with van der Waals surface area (Å²) in [5, 5.41) is 0. The van der Waals surface area contributed by atoms with Crippen molar-refractivity contribution in [2.24, 2.45) is 11.7 Å². The number of hydrogen-bond acceptors (Lipinski definition) is 2. The van der Waals surface area contributed by atoms with E-state index in [1.54, 1.807) is 0 Å². The first-order valence-corrected chi connectivity index (χ1v) is 7.33. The first-order valence-electron chi connectivity index (χ1n) is 7.33. The maximum Gasteiger partial charge on any atom is 0.239 e. The average molecular weight is 475 g/mol. The van der Waals surface area contributed by atoms with Crippen LogP contribution in [-0.4, -0.2) is 29.9 Å². The summed E-state index contributed by atoms with van der Waals surface area (Å²) in [6.45, 7) is 1.75. The Labute approximate surface area is 185 Å². The van der Waals surface area contributed by atoms with E-state index in [1.807, 2.05) is 11.0 Å². The number of halogens is 5. The van der Waals surface area contributed by atoms with Gasteiger partial charge in [-0.15, -0.1) is 62.0 Å². The van der Waals surface area contributed by atoms with E-state index < -0.39 is 0 Å². The number of nitrogens with two attached hydrogens (primary N) is 1. The molecule has 0 bridgehead atoms. The number of hydrogen-bond donors (Lipinski definition) is 1. The van der Waals surface area contributed by atoms with Crippen molar-refractivity contribution >= 4 is 77.8 Å². The lowest BCUT2D eigenvalue weighted by atomic mass is 9.94. The molecule has 25 heavy (non-hydrogen) atoms. The first kappa shape index (κ1) is 33.1. The molecule has 1 aliphatic heterocycles. The van der Waals surface area contributed by atoms with Gasteiger partial charge in [0.1, 0.15) is 0 Å². The van der Waals surface area contributed by atoms with Gasteiger partial charge in [-0.1, -0.05) is 30.3 Å². The lowest BCUT2D eigenvalue weighted by Crippen LogP contribution is -2.43. The highest BCUT2D eigenvalue weighted by molar-refractivity contribution is 6.92. The van der Waals surface area contributed by atoms with Gasteiger partial charge in [0.2, 0.25) is 5.91 Å². The minimum atomic E-state index is -0.299. The van der Waals surface area contributed by atoms with Gasteiger partial charge in [0.15, 0.2) is 0 Å². The second-order valence-corrected chi connectivity index (χ2v) is 5.98. The van der Waals surface area contributed by atoms with Gasteiger partial charge < -0.3 is 10.6 Å². The maximum absolute atomic E-state index is 12.3. The summed E-state index contributed by atoms with van der Waals surface area (Å²) in [7, 11) is 0. The number of likely N-dealkylation sites (tertiary alicyclic amines) is 1. The predicted octanol–water partition coefficient (Wildman–Crippen LogP) is 4.30. The summed E-state index contributed by atoms with van der Waals surface area (Å²) >= 11 is 0. The number of carbonyl (C=O) groups is 1. The largest absolute Gasteiger partial charge is 0.340 e. The van der Waals surface area contributed by atoms with Gasteiger partial charge in [-0.25, -0.2) is 0 Å². The lowest BCUT2D eigenvalue weighted by Gasteiger charge is -2.25. The van der Waals surface area contributed by atoms with Gasteiger partial charge in [0, 0.05) is 19.0 Å². The number of amides is 1. The van der Waals surface area contributed by atoms with E-state index in [2.05, 4.69) is 24.3 Å². The monoisotopic (exact) mass is 472 g/mol. The zero-order valence-corrected chi connectivity index (χ0v) is 19.5. The van der Waals surface area contributed by atoms with Crippen molar-refractivity contribution in [3.05, 3.63) is 35.9 Å². The van der Waals surface area contributed by atoms with E-state index in [1.165, 1.54) is 18.4 Å². The van der Waals surface area contributed by atoms with Crippen molar-refractivity contribution in [3.63, 3.8) is 0 Å². The molecule has 2 N–H and O–H groups in total. The number of carbonyl (C=O) groups excluding carboxylic acids is 1. The molecule has 1 saturated heterocycles. The summed E-state index contributed by atoms with van der Waals surface area (Å²) in [5.41, 5.74) is 7.35. The molecule has 3 nitrogen and oxygen atoms in total. The molecule has 3 atom stereocenters. The molecule has 150 valence electrons. The maximum atomic E-state index is 12.3. The van der Waals surface area contributed by atoms with Gasteiger partial charge in [-0.3, -0.25) is 4.79 Å². The second kappa shape index (κ2) is 15.6. The van der Waals surface area contributed by atoms with Crippen LogP contribution in [0.3, 0.4) is 0 Å². The molecule has 0 spiro atoms. The van der Waals surface area contributed by atoms with E-state index in [-0.39, 0.29) is 83.9 Å². The third-order valence-corrected chi connectivity index (χ3v) is 4.34. The fourth-order valence-electron chi connectivity index (χ4n) is 2.96. The molecule has 9 heteroatoms. The Kier molecular flexibility index (Phi) is 20.6. The summed E-state index contributed by atoms with van der Waals surface area (Å²) in [6.07, 6.45) is 4.36. The van der Waals surface area contributed by atoms with Crippen LogP contribution in [-0.2, 0) is 4.79 Å². The molecule has 1 aromatic carbocycles. The zero-order chi connectivity index (χ0) is 13.2.